The van der Waals surface area contributed by atoms with Crippen molar-refractivity contribution in [1.29, 1.82) is 0 Å². The van der Waals surface area contributed by atoms with Crippen molar-refractivity contribution in [3.05, 3.63) is 28.2 Å². The Kier molecular flexibility index (Phi) is 6.61. The first-order valence-electron chi connectivity index (χ1n) is 5.41. The largest absolute Gasteiger partial charge is 0.242 e. The number of halogens is 4. The SMILES string of the molecule is CCC(CBr)(CBr)NS(=O)(=O)c1cc(Cl)ccc1Cl. The third kappa shape index (κ3) is 4.32. The first-order chi connectivity index (χ1) is 8.80. The summed E-state index contributed by atoms with van der Waals surface area (Å²) in [4.78, 5) is -0.0126. The first-order valence-corrected chi connectivity index (χ1v) is 9.89. The predicted octanol–water partition coefficient (Wildman–Crippen LogP) is 4.21. The fraction of sp³-hybridized carbons (Fsp3) is 0.455. The van der Waals surface area contributed by atoms with Crippen LogP contribution in [-0.2, 0) is 10.0 Å². The molecule has 0 aliphatic rings. The van der Waals surface area contributed by atoms with Gasteiger partial charge in [0.25, 0.3) is 0 Å². The van der Waals surface area contributed by atoms with Gasteiger partial charge in [-0.15, -0.1) is 0 Å². The molecule has 1 N–H and O–H groups in total. The van der Waals surface area contributed by atoms with Gasteiger partial charge in [0.15, 0.2) is 0 Å². The lowest BCUT2D eigenvalue weighted by molar-refractivity contribution is 0.459. The molecule has 1 rings (SSSR count). The van der Waals surface area contributed by atoms with E-state index >= 15 is 0 Å². The molecular formula is C11H13Br2Cl2NO2S. The Morgan fingerprint density at radius 3 is 2.32 bits per heavy atom. The maximum Gasteiger partial charge on any atom is 0.242 e. The van der Waals surface area contributed by atoms with E-state index in [1.54, 1.807) is 6.07 Å². The van der Waals surface area contributed by atoms with Crippen molar-refractivity contribution < 1.29 is 8.42 Å². The van der Waals surface area contributed by atoms with Crippen LogP contribution in [-0.4, -0.2) is 24.6 Å². The average Bonchev–Trinajstić information content (AvgIpc) is 2.39. The Balaban J connectivity index is 3.21. The molecule has 19 heavy (non-hydrogen) atoms. The summed E-state index contributed by atoms with van der Waals surface area (Å²) in [6, 6.07) is 4.36. The number of nitrogens with one attached hydrogen (secondary N) is 1. The van der Waals surface area contributed by atoms with Gasteiger partial charge in [-0.2, -0.15) is 0 Å². The molecule has 0 radical (unpaired) electrons. The van der Waals surface area contributed by atoms with Crippen molar-refractivity contribution in [2.24, 2.45) is 0 Å². The van der Waals surface area contributed by atoms with Gasteiger partial charge < -0.3 is 0 Å². The van der Waals surface area contributed by atoms with Crippen molar-refractivity contribution in [3.63, 3.8) is 0 Å². The molecule has 1 aromatic carbocycles. The number of sulfonamides is 1. The van der Waals surface area contributed by atoms with E-state index in [0.29, 0.717) is 22.1 Å². The summed E-state index contributed by atoms with van der Waals surface area (Å²) >= 11 is 18.4. The number of hydrogen-bond donors (Lipinski definition) is 1. The minimum atomic E-state index is -3.73. The topological polar surface area (TPSA) is 46.2 Å². The molecule has 108 valence electrons. The molecule has 0 saturated carbocycles. The van der Waals surface area contributed by atoms with Crippen molar-refractivity contribution in [2.75, 3.05) is 10.7 Å². The van der Waals surface area contributed by atoms with E-state index in [1.807, 2.05) is 6.92 Å². The van der Waals surface area contributed by atoms with E-state index < -0.39 is 15.6 Å². The quantitative estimate of drug-likeness (QED) is 0.656. The second-order valence-corrected chi connectivity index (χ2v) is 7.70. The van der Waals surface area contributed by atoms with Gasteiger partial charge in [0.2, 0.25) is 10.0 Å². The van der Waals surface area contributed by atoms with Crippen LogP contribution in [0.5, 0.6) is 0 Å². The Labute approximate surface area is 140 Å². The van der Waals surface area contributed by atoms with Gasteiger partial charge in [-0.3, -0.25) is 0 Å². The van der Waals surface area contributed by atoms with Gasteiger partial charge in [0.1, 0.15) is 4.90 Å². The molecule has 0 spiro atoms. The summed E-state index contributed by atoms with van der Waals surface area (Å²) in [6.45, 7) is 1.91. The van der Waals surface area contributed by atoms with E-state index in [2.05, 4.69) is 36.6 Å². The van der Waals surface area contributed by atoms with E-state index in [0.717, 1.165) is 0 Å². The summed E-state index contributed by atoms with van der Waals surface area (Å²) < 4.78 is 27.5. The van der Waals surface area contributed by atoms with Crippen LogP contribution in [0.25, 0.3) is 0 Å². The molecule has 0 aliphatic heterocycles. The average molecular weight is 454 g/mol. The van der Waals surface area contributed by atoms with Crippen LogP contribution in [0.15, 0.2) is 23.1 Å². The number of benzene rings is 1. The maximum atomic E-state index is 12.4. The highest BCUT2D eigenvalue weighted by atomic mass is 79.9. The maximum absolute atomic E-state index is 12.4. The molecule has 3 nitrogen and oxygen atoms in total. The van der Waals surface area contributed by atoms with E-state index in [1.165, 1.54) is 12.1 Å². The third-order valence-electron chi connectivity index (χ3n) is 2.72. The van der Waals surface area contributed by atoms with Crippen LogP contribution in [0.2, 0.25) is 10.0 Å². The lowest BCUT2D eigenvalue weighted by Crippen LogP contribution is -2.50. The lowest BCUT2D eigenvalue weighted by atomic mass is 10.0. The number of hydrogen-bond acceptors (Lipinski definition) is 2. The predicted molar refractivity (Wildman–Crippen MR) is 87.4 cm³/mol. The molecule has 0 unspecified atom stereocenters. The van der Waals surface area contributed by atoms with Crippen molar-refractivity contribution >= 4 is 65.1 Å². The van der Waals surface area contributed by atoms with Gasteiger partial charge in [-0.05, 0) is 24.6 Å². The molecular weight excluding hydrogens is 441 g/mol. The third-order valence-corrected chi connectivity index (χ3v) is 7.16. The van der Waals surface area contributed by atoms with E-state index in [9.17, 15) is 8.42 Å². The molecule has 0 atom stereocenters. The molecule has 1 aromatic rings. The molecule has 0 amide bonds. The monoisotopic (exact) mass is 451 g/mol. The Morgan fingerprint density at radius 1 is 1.26 bits per heavy atom. The molecule has 8 heteroatoms. The van der Waals surface area contributed by atoms with Crippen LogP contribution in [0.4, 0.5) is 0 Å². The molecule has 0 aromatic heterocycles. The molecule has 0 fully saturated rings. The van der Waals surface area contributed by atoms with Gasteiger partial charge in [-0.1, -0.05) is 62.0 Å². The highest BCUT2D eigenvalue weighted by Gasteiger charge is 2.32. The highest BCUT2D eigenvalue weighted by Crippen LogP contribution is 2.27. The Morgan fingerprint density at radius 2 is 1.84 bits per heavy atom. The zero-order valence-electron chi connectivity index (χ0n) is 10.1. The van der Waals surface area contributed by atoms with Gasteiger partial charge in [0, 0.05) is 15.7 Å². The van der Waals surface area contributed by atoms with Crippen LogP contribution in [0.1, 0.15) is 13.3 Å². The Bertz CT molecular complexity index is 539. The summed E-state index contributed by atoms with van der Waals surface area (Å²) in [5.41, 5.74) is -0.607. The zero-order valence-corrected chi connectivity index (χ0v) is 15.6. The number of rotatable bonds is 6. The minimum Gasteiger partial charge on any atom is -0.207 e. The Hall–Kier alpha value is 0.670. The van der Waals surface area contributed by atoms with E-state index in [-0.39, 0.29) is 9.92 Å². The fourth-order valence-electron chi connectivity index (χ4n) is 1.37. The standard InChI is InChI=1S/C11H13Br2Cl2NO2S/c1-2-11(6-12,7-13)16-19(17,18)10-5-8(14)3-4-9(10)15/h3-5,16H,2,6-7H2,1H3. The number of alkyl halides is 2. The molecule has 0 saturated heterocycles. The van der Waals surface area contributed by atoms with Crippen molar-refractivity contribution in [1.82, 2.24) is 4.72 Å². The van der Waals surface area contributed by atoms with Crippen molar-refractivity contribution in [3.8, 4) is 0 Å². The molecule has 0 bridgehead atoms. The normalized spacial score (nSPS) is 12.7. The van der Waals surface area contributed by atoms with Gasteiger partial charge in [0.05, 0.1) is 10.6 Å². The second kappa shape index (κ2) is 7.09. The van der Waals surface area contributed by atoms with Gasteiger partial charge >= 0.3 is 0 Å². The first kappa shape index (κ1) is 17.7. The van der Waals surface area contributed by atoms with Crippen LogP contribution in [0, 0.1) is 0 Å². The second-order valence-electron chi connectivity index (χ2n) is 4.08. The van der Waals surface area contributed by atoms with Gasteiger partial charge in [-0.25, -0.2) is 13.1 Å². The summed E-state index contributed by atoms with van der Waals surface area (Å²) in [7, 11) is -3.73. The molecule has 0 heterocycles. The van der Waals surface area contributed by atoms with Crippen LogP contribution >= 0.6 is 55.1 Å². The van der Waals surface area contributed by atoms with Crippen LogP contribution in [0.3, 0.4) is 0 Å². The van der Waals surface area contributed by atoms with Crippen molar-refractivity contribution in [2.45, 2.75) is 23.8 Å². The highest BCUT2D eigenvalue weighted by molar-refractivity contribution is 9.09. The summed E-state index contributed by atoms with van der Waals surface area (Å²) in [6.07, 6.45) is 0.626. The van der Waals surface area contributed by atoms with E-state index in [4.69, 9.17) is 23.2 Å². The zero-order chi connectivity index (χ0) is 14.7. The molecule has 0 aliphatic carbocycles. The lowest BCUT2D eigenvalue weighted by Gasteiger charge is -2.29. The fourth-order valence-corrected chi connectivity index (χ4v) is 5.98. The summed E-state index contributed by atoms with van der Waals surface area (Å²) in [5, 5.41) is 1.44. The minimum absolute atomic E-state index is 0.0126. The smallest absolute Gasteiger partial charge is 0.207 e. The van der Waals surface area contributed by atoms with Crippen LogP contribution < -0.4 is 4.72 Å². The summed E-state index contributed by atoms with van der Waals surface area (Å²) in [5.74, 6) is 0.